The fourth-order valence-corrected chi connectivity index (χ4v) is 6.46. The smallest absolute Gasteiger partial charge is 0.246 e. The number of carbonyl (C=O) groups excluding carboxylic acids is 1. The number of halogens is 1. The van der Waals surface area contributed by atoms with Gasteiger partial charge >= 0.3 is 0 Å². The van der Waals surface area contributed by atoms with Gasteiger partial charge in [-0.3, -0.25) is 9.69 Å². The second-order valence-electron chi connectivity index (χ2n) is 10.3. The van der Waals surface area contributed by atoms with E-state index in [4.69, 9.17) is 21.4 Å². The molecule has 1 heterocycles. The Morgan fingerprint density at radius 2 is 2.03 bits per heavy atom. The third-order valence-electron chi connectivity index (χ3n) is 8.23. The average molecular weight is 517 g/mol. The van der Waals surface area contributed by atoms with E-state index in [-0.39, 0.29) is 29.6 Å². The van der Waals surface area contributed by atoms with E-state index in [9.17, 15) is 15.0 Å². The SMILES string of the molecule is O=C(C=CCC12CCC(O)(C#CCl)CC1CCc1cc(O)ccc12)N1CCN(CCOCCO)CC1. The van der Waals surface area contributed by atoms with Gasteiger partial charge in [0.25, 0.3) is 0 Å². The summed E-state index contributed by atoms with van der Waals surface area (Å²) < 4.78 is 5.34. The van der Waals surface area contributed by atoms with E-state index in [2.05, 4.69) is 16.2 Å². The largest absolute Gasteiger partial charge is 0.508 e. The van der Waals surface area contributed by atoms with Gasteiger partial charge in [0.05, 0.1) is 19.8 Å². The van der Waals surface area contributed by atoms with Gasteiger partial charge in [-0.2, -0.15) is 0 Å². The van der Waals surface area contributed by atoms with Gasteiger partial charge in [-0.25, -0.2) is 0 Å². The number of amides is 1. The molecule has 0 aromatic heterocycles. The molecule has 0 radical (unpaired) electrons. The number of phenols is 1. The molecular formula is C28H37ClN2O5. The minimum absolute atomic E-state index is 0.0289. The van der Waals surface area contributed by atoms with Crippen LogP contribution in [0.5, 0.6) is 5.75 Å². The number of allylic oxidation sites excluding steroid dienone is 1. The number of hydrogen-bond donors (Lipinski definition) is 3. The lowest BCUT2D eigenvalue weighted by Crippen LogP contribution is -2.49. The van der Waals surface area contributed by atoms with Gasteiger partial charge < -0.3 is 25.0 Å². The van der Waals surface area contributed by atoms with Crippen LogP contribution in [0.1, 0.15) is 43.2 Å². The summed E-state index contributed by atoms with van der Waals surface area (Å²) >= 11 is 5.65. The Morgan fingerprint density at radius 1 is 1.22 bits per heavy atom. The molecule has 1 saturated heterocycles. The van der Waals surface area contributed by atoms with Crippen molar-refractivity contribution >= 4 is 17.5 Å². The maximum atomic E-state index is 12.9. The zero-order valence-corrected chi connectivity index (χ0v) is 21.6. The summed E-state index contributed by atoms with van der Waals surface area (Å²) in [6.07, 6.45) is 7.98. The van der Waals surface area contributed by atoms with Crippen LogP contribution in [-0.2, 0) is 21.4 Å². The van der Waals surface area contributed by atoms with Crippen LogP contribution < -0.4 is 0 Å². The number of aryl methyl sites for hydroxylation is 1. The highest BCUT2D eigenvalue weighted by Gasteiger charge is 2.50. The molecule has 4 rings (SSSR count). The summed E-state index contributed by atoms with van der Waals surface area (Å²) in [4.78, 5) is 17.1. The summed E-state index contributed by atoms with van der Waals surface area (Å²) in [5.41, 5.74) is 1.09. The molecule has 1 aromatic rings. The zero-order valence-electron chi connectivity index (χ0n) is 20.8. The summed E-state index contributed by atoms with van der Waals surface area (Å²) in [6.45, 7) is 4.77. The van der Waals surface area contributed by atoms with Crippen LogP contribution >= 0.6 is 11.6 Å². The maximum Gasteiger partial charge on any atom is 0.246 e. The average Bonchev–Trinajstić information content (AvgIpc) is 2.87. The fraction of sp³-hybridized carbons (Fsp3) is 0.607. The summed E-state index contributed by atoms with van der Waals surface area (Å²) in [5.74, 6) is 3.32. The molecule has 1 amide bonds. The van der Waals surface area contributed by atoms with Crippen molar-refractivity contribution in [1.82, 2.24) is 9.80 Å². The highest BCUT2D eigenvalue weighted by molar-refractivity contribution is 6.30. The number of fused-ring (bicyclic) bond motifs is 3. The van der Waals surface area contributed by atoms with Crippen molar-refractivity contribution in [1.29, 1.82) is 0 Å². The summed E-state index contributed by atoms with van der Waals surface area (Å²) in [7, 11) is 0. The van der Waals surface area contributed by atoms with Gasteiger partial charge in [-0.05, 0) is 85.4 Å². The molecule has 1 aliphatic heterocycles. The number of piperazine rings is 1. The van der Waals surface area contributed by atoms with Crippen LogP contribution in [0.25, 0.3) is 0 Å². The highest BCUT2D eigenvalue weighted by Crippen LogP contribution is 2.55. The number of aromatic hydroxyl groups is 1. The van der Waals surface area contributed by atoms with Crippen LogP contribution in [0, 0.1) is 17.2 Å². The van der Waals surface area contributed by atoms with Crippen molar-refractivity contribution in [3.8, 4) is 17.0 Å². The van der Waals surface area contributed by atoms with Crippen LogP contribution in [0.15, 0.2) is 30.4 Å². The molecule has 36 heavy (non-hydrogen) atoms. The standard InChI is InChI=1S/C28H37ClN2O5/c29-11-10-27(35)8-9-28(23(21-27)4-3-22-20-24(33)5-6-25(22)28)7-1-2-26(34)31-14-12-30(13-15-31)16-18-36-19-17-32/h1-2,5-6,20,23,32-33,35H,3-4,7-9,12-19,21H2. The van der Waals surface area contributed by atoms with E-state index < -0.39 is 5.60 Å². The lowest BCUT2D eigenvalue weighted by atomic mass is 9.53. The zero-order chi connectivity index (χ0) is 25.6. The molecule has 3 N–H and O–H groups in total. The van der Waals surface area contributed by atoms with Crippen molar-refractivity contribution < 1.29 is 24.9 Å². The van der Waals surface area contributed by atoms with Gasteiger partial charge in [0.1, 0.15) is 11.4 Å². The van der Waals surface area contributed by atoms with Crippen molar-refractivity contribution in [3.05, 3.63) is 41.5 Å². The monoisotopic (exact) mass is 516 g/mol. The number of nitrogens with zero attached hydrogens (tertiary/aromatic N) is 2. The Labute approximate surface area is 218 Å². The molecule has 1 aromatic carbocycles. The molecule has 8 heteroatoms. The van der Waals surface area contributed by atoms with Gasteiger partial charge in [-0.15, -0.1) is 0 Å². The number of aliphatic hydroxyl groups excluding tert-OH is 1. The van der Waals surface area contributed by atoms with Gasteiger partial charge in [0.15, 0.2) is 0 Å². The number of carbonyl (C=O) groups is 1. The number of phenolic OH excluding ortho intramolecular Hbond substituents is 1. The Kier molecular flexibility index (Phi) is 8.97. The normalized spacial score (nSPS) is 28.3. The van der Waals surface area contributed by atoms with Crippen LogP contribution in [0.3, 0.4) is 0 Å². The molecule has 0 spiro atoms. The van der Waals surface area contributed by atoms with Gasteiger partial charge in [-0.1, -0.05) is 18.1 Å². The molecule has 196 valence electrons. The Bertz CT molecular complexity index is 1010. The Morgan fingerprint density at radius 3 is 2.78 bits per heavy atom. The Balaban J connectivity index is 1.41. The van der Waals surface area contributed by atoms with E-state index in [1.807, 2.05) is 23.1 Å². The number of rotatable bonds is 8. The maximum absolute atomic E-state index is 12.9. The molecule has 2 fully saturated rings. The first kappa shape index (κ1) is 27.0. The summed E-state index contributed by atoms with van der Waals surface area (Å²) in [5, 5.41) is 32.2. The fourth-order valence-electron chi connectivity index (χ4n) is 6.28. The van der Waals surface area contributed by atoms with E-state index in [0.29, 0.717) is 45.6 Å². The first-order chi connectivity index (χ1) is 17.4. The van der Waals surface area contributed by atoms with Gasteiger partial charge in [0, 0.05) is 43.5 Å². The van der Waals surface area contributed by atoms with Crippen molar-refractivity contribution in [3.63, 3.8) is 0 Å². The number of hydrogen-bond acceptors (Lipinski definition) is 6. The molecule has 3 unspecified atom stereocenters. The third-order valence-corrected chi connectivity index (χ3v) is 8.33. The van der Waals surface area contributed by atoms with E-state index in [1.54, 1.807) is 12.1 Å². The second-order valence-corrected chi connectivity index (χ2v) is 10.5. The topological polar surface area (TPSA) is 93.5 Å². The third kappa shape index (κ3) is 6.07. The predicted octanol–water partition coefficient (Wildman–Crippen LogP) is 2.41. The number of aliphatic hydroxyl groups is 2. The second kappa shape index (κ2) is 12.0. The first-order valence-corrected chi connectivity index (χ1v) is 13.3. The predicted molar refractivity (Wildman–Crippen MR) is 139 cm³/mol. The summed E-state index contributed by atoms with van der Waals surface area (Å²) in [6, 6.07) is 5.62. The minimum atomic E-state index is -1.08. The van der Waals surface area contributed by atoms with Crippen molar-refractivity contribution in [2.24, 2.45) is 5.92 Å². The molecule has 2 aliphatic carbocycles. The molecule has 0 bridgehead atoms. The van der Waals surface area contributed by atoms with Crippen LogP contribution in [0.2, 0.25) is 0 Å². The molecule has 7 nitrogen and oxygen atoms in total. The van der Waals surface area contributed by atoms with Crippen LogP contribution in [-0.4, -0.2) is 89.2 Å². The van der Waals surface area contributed by atoms with Crippen molar-refractivity contribution in [2.45, 2.75) is 49.5 Å². The minimum Gasteiger partial charge on any atom is -0.508 e. The number of ether oxygens (including phenoxy) is 1. The quantitative estimate of drug-likeness (QED) is 0.279. The van der Waals surface area contributed by atoms with Gasteiger partial charge in [0.2, 0.25) is 5.91 Å². The molecular weight excluding hydrogens is 480 g/mol. The van der Waals surface area contributed by atoms with E-state index in [1.165, 1.54) is 5.56 Å². The van der Waals surface area contributed by atoms with E-state index >= 15 is 0 Å². The van der Waals surface area contributed by atoms with Crippen LogP contribution in [0.4, 0.5) is 0 Å². The van der Waals surface area contributed by atoms with Crippen molar-refractivity contribution in [2.75, 3.05) is 52.5 Å². The molecule has 1 saturated carbocycles. The lowest BCUT2D eigenvalue weighted by molar-refractivity contribution is -0.127. The highest BCUT2D eigenvalue weighted by atomic mass is 35.5. The number of benzene rings is 1. The van der Waals surface area contributed by atoms with E-state index in [0.717, 1.165) is 44.5 Å². The first-order valence-electron chi connectivity index (χ1n) is 12.9. The molecule has 3 aliphatic rings. The lowest BCUT2D eigenvalue weighted by Gasteiger charge is -2.52. The Hall–Kier alpha value is -2.08. The molecule has 3 atom stereocenters.